The maximum atomic E-state index is 11.8. The second kappa shape index (κ2) is 6.94. The summed E-state index contributed by atoms with van der Waals surface area (Å²) in [5, 5.41) is 5.65. The zero-order valence-electron chi connectivity index (χ0n) is 10.3. The van der Waals surface area contributed by atoms with E-state index < -0.39 is 12.8 Å². The Balaban J connectivity index is 2.10. The number of hydrogen-bond acceptors (Lipinski definition) is 3. The minimum absolute atomic E-state index is 0.0987. The van der Waals surface area contributed by atoms with E-state index in [1.807, 2.05) is 0 Å². The minimum Gasteiger partial charge on any atom is -0.370 e. The van der Waals surface area contributed by atoms with E-state index in [0.29, 0.717) is 5.92 Å². The first-order valence-electron chi connectivity index (χ1n) is 6.04. The number of alkyl halides is 3. The van der Waals surface area contributed by atoms with Gasteiger partial charge in [0.05, 0.1) is 12.6 Å². The van der Waals surface area contributed by atoms with Crippen molar-refractivity contribution in [1.82, 2.24) is 10.6 Å². The number of piperidine rings is 1. The van der Waals surface area contributed by atoms with Crippen molar-refractivity contribution in [3.05, 3.63) is 0 Å². The van der Waals surface area contributed by atoms with Crippen LogP contribution in [-0.4, -0.2) is 44.4 Å². The van der Waals surface area contributed by atoms with Gasteiger partial charge in [-0.05, 0) is 25.3 Å². The molecule has 0 aliphatic carbocycles. The van der Waals surface area contributed by atoms with Crippen molar-refractivity contribution in [2.45, 2.75) is 32.0 Å². The van der Waals surface area contributed by atoms with E-state index in [1.54, 1.807) is 0 Å². The lowest BCUT2D eigenvalue weighted by Crippen LogP contribution is -2.49. The molecule has 0 spiro atoms. The van der Waals surface area contributed by atoms with Gasteiger partial charge in [0.1, 0.15) is 6.61 Å². The lowest BCUT2D eigenvalue weighted by atomic mass is 9.94. The Bertz CT molecular complexity index is 272. The topological polar surface area (TPSA) is 50.4 Å². The number of halogens is 3. The predicted octanol–water partition coefficient (Wildman–Crippen LogP) is 1.07. The van der Waals surface area contributed by atoms with E-state index in [9.17, 15) is 18.0 Å². The van der Waals surface area contributed by atoms with Crippen LogP contribution in [-0.2, 0) is 9.53 Å². The van der Waals surface area contributed by atoms with Gasteiger partial charge in [0.15, 0.2) is 0 Å². The summed E-state index contributed by atoms with van der Waals surface area (Å²) in [6.07, 6.45) is -2.52. The zero-order valence-corrected chi connectivity index (χ0v) is 10.3. The summed E-state index contributed by atoms with van der Waals surface area (Å²) >= 11 is 0. The van der Waals surface area contributed by atoms with Gasteiger partial charge < -0.3 is 15.4 Å². The molecule has 18 heavy (non-hydrogen) atoms. The molecule has 1 saturated heterocycles. The number of hydrogen-bond donors (Lipinski definition) is 2. The molecule has 0 aromatic heterocycles. The molecule has 2 atom stereocenters. The third kappa shape index (κ3) is 6.20. The summed E-state index contributed by atoms with van der Waals surface area (Å²) in [5.74, 6) is 0.320. The highest BCUT2D eigenvalue weighted by Gasteiger charge is 2.27. The molecule has 1 aliphatic heterocycles. The van der Waals surface area contributed by atoms with Gasteiger partial charge in [-0.25, -0.2) is 0 Å². The average molecular weight is 268 g/mol. The van der Waals surface area contributed by atoms with Crippen molar-refractivity contribution in [3.8, 4) is 0 Å². The zero-order chi connectivity index (χ0) is 13.6. The largest absolute Gasteiger partial charge is 0.411 e. The molecular formula is C11H19F3N2O2. The molecule has 7 heteroatoms. The Labute approximate surface area is 104 Å². The third-order valence-electron chi connectivity index (χ3n) is 2.79. The van der Waals surface area contributed by atoms with Crippen molar-refractivity contribution in [3.63, 3.8) is 0 Å². The van der Waals surface area contributed by atoms with Crippen LogP contribution in [0.25, 0.3) is 0 Å². The second-order valence-electron chi connectivity index (χ2n) is 4.60. The number of ether oxygens (including phenoxy) is 1. The van der Waals surface area contributed by atoms with E-state index in [4.69, 9.17) is 0 Å². The normalized spacial score (nSPS) is 24.9. The van der Waals surface area contributed by atoms with Gasteiger partial charge in [-0.1, -0.05) is 6.92 Å². The number of carbonyl (C=O) groups is 1. The third-order valence-corrected chi connectivity index (χ3v) is 2.79. The Hall–Kier alpha value is -0.820. The van der Waals surface area contributed by atoms with Gasteiger partial charge in [-0.15, -0.1) is 0 Å². The maximum Gasteiger partial charge on any atom is 0.411 e. The van der Waals surface area contributed by atoms with Crippen molar-refractivity contribution >= 4 is 5.91 Å². The fraction of sp³-hybridized carbons (Fsp3) is 0.909. The maximum absolute atomic E-state index is 11.8. The van der Waals surface area contributed by atoms with Crippen LogP contribution in [0.5, 0.6) is 0 Å². The lowest BCUT2D eigenvalue weighted by molar-refractivity contribution is -0.173. The number of nitrogens with one attached hydrogen (secondary N) is 2. The van der Waals surface area contributed by atoms with E-state index in [0.717, 1.165) is 19.4 Å². The molecule has 4 nitrogen and oxygen atoms in total. The summed E-state index contributed by atoms with van der Waals surface area (Å²) in [6, 6.07) is -0.239. The minimum atomic E-state index is -4.32. The van der Waals surface area contributed by atoms with E-state index in [-0.39, 0.29) is 25.1 Å². The first kappa shape index (κ1) is 15.2. The molecule has 0 aromatic rings. The molecule has 0 aromatic carbocycles. The van der Waals surface area contributed by atoms with Crippen LogP contribution in [0.2, 0.25) is 0 Å². The van der Waals surface area contributed by atoms with Crippen molar-refractivity contribution < 1.29 is 22.7 Å². The van der Waals surface area contributed by atoms with Gasteiger partial charge in [0, 0.05) is 6.54 Å². The summed E-state index contributed by atoms with van der Waals surface area (Å²) < 4.78 is 39.7. The molecule has 2 N–H and O–H groups in total. The number of carbonyl (C=O) groups excluding carboxylic acids is 1. The smallest absolute Gasteiger partial charge is 0.370 e. The van der Waals surface area contributed by atoms with Crippen LogP contribution in [0.15, 0.2) is 0 Å². The monoisotopic (exact) mass is 268 g/mol. The van der Waals surface area contributed by atoms with Crippen LogP contribution < -0.4 is 10.6 Å². The molecule has 1 heterocycles. The van der Waals surface area contributed by atoms with Crippen LogP contribution in [0.3, 0.4) is 0 Å². The lowest BCUT2D eigenvalue weighted by Gasteiger charge is -2.27. The van der Waals surface area contributed by atoms with Gasteiger partial charge in [-0.2, -0.15) is 13.2 Å². The Morgan fingerprint density at radius 3 is 2.83 bits per heavy atom. The fourth-order valence-electron chi connectivity index (χ4n) is 1.86. The highest BCUT2D eigenvalue weighted by molar-refractivity contribution is 5.81. The molecule has 0 radical (unpaired) electrons. The fourth-order valence-corrected chi connectivity index (χ4v) is 1.86. The SMILES string of the molecule is CC1CCNC(C(=O)NCCOCC(F)(F)F)C1. The van der Waals surface area contributed by atoms with Crippen LogP contribution in [0, 0.1) is 5.92 Å². The molecule has 0 saturated carbocycles. The highest BCUT2D eigenvalue weighted by Crippen LogP contribution is 2.15. The first-order valence-corrected chi connectivity index (χ1v) is 6.04. The van der Waals surface area contributed by atoms with Crippen molar-refractivity contribution in [2.75, 3.05) is 26.3 Å². The quantitative estimate of drug-likeness (QED) is 0.733. The highest BCUT2D eigenvalue weighted by atomic mass is 19.4. The Morgan fingerprint density at radius 1 is 1.50 bits per heavy atom. The van der Waals surface area contributed by atoms with E-state index in [1.165, 1.54) is 0 Å². The van der Waals surface area contributed by atoms with E-state index >= 15 is 0 Å². The first-order chi connectivity index (χ1) is 8.38. The molecule has 0 bridgehead atoms. The molecular weight excluding hydrogens is 249 g/mol. The Morgan fingerprint density at radius 2 is 2.22 bits per heavy atom. The van der Waals surface area contributed by atoms with Crippen LogP contribution in [0.1, 0.15) is 19.8 Å². The van der Waals surface area contributed by atoms with Gasteiger partial charge >= 0.3 is 6.18 Å². The van der Waals surface area contributed by atoms with Gasteiger partial charge in [-0.3, -0.25) is 4.79 Å². The number of amides is 1. The molecule has 106 valence electrons. The summed E-state index contributed by atoms with van der Waals surface area (Å²) in [6.45, 7) is 1.56. The molecule has 1 fully saturated rings. The average Bonchev–Trinajstić information content (AvgIpc) is 2.26. The van der Waals surface area contributed by atoms with Crippen LogP contribution in [0.4, 0.5) is 13.2 Å². The number of rotatable bonds is 5. The predicted molar refractivity (Wildman–Crippen MR) is 60.1 cm³/mol. The van der Waals surface area contributed by atoms with Gasteiger partial charge in [0.2, 0.25) is 5.91 Å². The summed E-state index contributed by atoms with van der Waals surface area (Å²) in [5.41, 5.74) is 0. The summed E-state index contributed by atoms with van der Waals surface area (Å²) in [4.78, 5) is 11.7. The molecule has 2 unspecified atom stereocenters. The van der Waals surface area contributed by atoms with Crippen LogP contribution >= 0.6 is 0 Å². The van der Waals surface area contributed by atoms with Crippen molar-refractivity contribution in [1.29, 1.82) is 0 Å². The Kier molecular flexibility index (Phi) is 5.87. The molecule has 1 rings (SSSR count). The molecule has 1 aliphatic rings. The summed E-state index contributed by atoms with van der Waals surface area (Å²) in [7, 11) is 0. The second-order valence-corrected chi connectivity index (χ2v) is 4.60. The van der Waals surface area contributed by atoms with Crippen molar-refractivity contribution in [2.24, 2.45) is 5.92 Å². The van der Waals surface area contributed by atoms with E-state index in [2.05, 4.69) is 22.3 Å². The molecule has 1 amide bonds. The van der Waals surface area contributed by atoms with Gasteiger partial charge in [0.25, 0.3) is 0 Å². The standard InChI is InChI=1S/C11H19F3N2O2/c1-8-2-3-15-9(6-8)10(17)16-4-5-18-7-11(12,13)14/h8-9,15H,2-7H2,1H3,(H,16,17).